The molecule has 1 fully saturated rings. The number of aromatic nitrogens is 2. The van der Waals surface area contributed by atoms with Crippen LogP contribution in [0.2, 0.25) is 0 Å². The molecule has 0 bridgehead atoms. The highest BCUT2D eigenvalue weighted by Crippen LogP contribution is 2.41. The molecule has 0 atom stereocenters. The number of sulfonamides is 1. The summed E-state index contributed by atoms with van der Waals surface area (Å²) in [5.41, 5.74) is 3.08. The van der Waals surface area contributed by atoms with Gasteiger partial charge in [-0.25, -0.2) is 13.4 Å². The molecule has 0 aromatic carbocycles. The van der Waals surface area contributed by atoms with Gasteiger partial charge in [0.2, 0.25) is 10.0 Å². The van der Waals surface area contributed by atoms with Gasteiger partial charge in [-0.05, 0) is 49.3 Å². The normalized spacial score (nSPS) is 18.8. The average Bonchev–Trinajstić information content (AvgIpc) is 2.96. The Hall–Kier alpha value is -2.88. The van der Waals surface area contributed by atoms with Gasteiger partial charge in [-0.1, -0.05) is 6.42 Å². The molecule has 5 rings (SSSR count). The smallest absolute Gasteiger partial charge is 0.277 e. The van der Waals surface area contributed by atoms with Crippen molar-refractivity contribution in [2.75, 3.05) is 16.3 Å². The lowest BCUT2D eigenvalue weighted by molar-refractivity contribution is 0.0876. The molecule has 3 aliphatic rings. The van der Waals surface area contributed by atoms with Gasteiger partial charge in [0.25, 0.3) is 11.5 Å². The Labute approximate surface area is 174 Å². The Morgan fingerprint density at radius 3 is 2.63 bits per heavy atom. The van der Waals surface area contributed by atoms with Crippen LogP contribution in [0.25, 0.3) is 0 Å². The quantitative estimate of drug-likeness (QED) is 0.572. The number of hydrogen-bond acceptors (Lipinski definition) is 6. The fourth-order valence-electron chi connectivity index (χ4n) is 4.99. The van der Waals surface area contributed by atoms with Gasteiger partial charge in [-0.15, -0.1) is 0 Å². The van der Waals surface area contributed by atoms with Crippen LogP contribution in [0.5, 0.6) is 0 Å². The first-order valence-electron chi connectivity index (χ1n) is 10.0. The van der Waals surface area contributed by atoms with Crippen LogP contribution in [0.15, 0.2) is 17.1 Å². The summed E-state index contributed by atoms with van der Waals surface area (Å²) in [5, 5.41) is 6.30. The molecule has 9 nitrogen and oxygen atoms in total. The van der Waals surface area contributed by atoms with Gasteiger partial charge >= 0.3 is 0 Å². The van der Waals surface area contributed by atoms with Crippen molar-refractivity contribution < 1.29 is 13.2 Å². The van der Waals surface area contributed by atoms with Crippen LogP contribution >= 0.6 is 0 Å². The Morgan fingerprint density at radius 1 is 1.20 bits per heavy atom. The molecule has 1 amide bonds. The molecule has 1 saturated carbocycles. The van der Waals surface area contributed by atoms with Crippen molar-refractivity contribution in [3.05, 3.63) is 45.0 Å². The molecule has 0 unspecified atom stereocenters. The highest BCUT2D eigenvalue weighted by Gasteiger charge is 2.46. The predicted octanol–water partition coefficient (Wildman–Crippen LogP) is 1.93. The van der Waals surface area contributed by atoms with E-state index in [0.29, 0.717) is 23.5 Å². The lowest BCUT2D eigenvalue weighted by Crippen LogP contribution is -2.49. The van der Waals surface area contributed by atoms with E-state index < -0.39 is 15.7 Å². The molecule has 1 aliphatic carbocycles. The summed E-state index contributed by atoms with van der Waals surface area (Å²) in [6, 6.07) is 1.59. The lowest BCUT2D eigenvalue weighted by Gasteiger charge is -2.36. The zero-order chi connectivity index (χ0) is 21.3. The fraction of sp³-hybridized carbons (Fsp3) is 0.450. The van der Waals surface area contributed by atoms with Crippen molar-refractivity contribution in [1.29, 1.82) is 0 Å². The number of pyridine rings is 2. The number of amides is 1. The number of nitrogens with one attached hydrogen (secondary N) is 3. The topological polar surface area (TPSA) is 122 Å². The zero-order valence-electron chi connectivity index (χ0n) is 16.8. The van der Waals surface area contributed by atoms with E-state index in [1.54, 1.807) is 16.8 Å². The number of fused-ring (bicyclic) bond motifs is 4. The van der Waals surface area contributed by atoms with Crippen molar-refractivity contribution in [3.8, 4) is 0 Å². The third kappa shape index (κ3) is 2.81. The van der Waals surface area contributed by atoms with E-state index in [1.165, 1.54) is 0 Å². The summed E-state index contributed by atoms with van der Waals surface area (Å²) < 4.78 is 27.1. The van der Waals surface area contributed by atoms with E-state index in [4.69, 9.17) is 0 Å². The minimum Gasteiger partial charge on any atom is -0.350 e. The van der Waals surface area contributed by atoms with Crippen LogP contribution in [0.1, 0.15) is 59.3 Å². The molecule has 2 aliphatic heterocycles. The van der Waals surface area contributed by atoms with Gasteiger partial charge in [0.05, 0.1) is 6.26 Å². The first-order chi connectivity index (χ1) is 14.2. The van der Waals surface area contributed by atoms with Gasteiger partial charge in [-0.3, -0.25) is 18.9 Å². The molecule has 2 aromatic rings. The molecule has 158 valence electrons. The highest BCUT2D eigenvalue weighted by molar-refractivity contribution is 7.92. The summed E-state index contributed by atoms with van der Waals surface area (Å²) in [7, 11) is -3.46. The standard InChI is InChI=1S/C20H23N5O4S/c1-11-13-8-12-10-21-15(24-30(2,28)29)9-14(12)22-16(13)19(27)25-17(11)18(26)23-20(25)6-4-3-5-7-20/h9-10,22H,3-8H2,1-2H3,(H,21,24)(H,23,26). The van der Waals surface area contributed by atoms with E-state index in [2.05, 4.69) is 20.3 Å². The van der Waals surface area contributed by atoms with Gasteiger partial charge in [-0.2, -0.15) is 0 Å². The number of anilines is 3. The minimum atomic E-state index is -3.46. The molecule has 1 spiro atoms. The molecular weight excluding hydrogens is 406 g/mol. The number of hydrogen-bond donors (Lipinski definition) is 3. The van der Waals surface area contributed by atoms with Crippen molar-refractivity contribution in [2.24, 2.45) is 0 Å². The van der Waals surface area contributed by atoms with Crippen molar-refractivity contribution in [2.45, 2.75) is 51.1 Å². The third-order valence-electron chi connectivity index (χ3n) is 6.32. The summed E-state index contributed by atoms with van der Waals surface area (Å²) in [6.45, 7) is 1.88. The predicted molar refractivity (Wildman–Crippen MR) is 113 cm³/mol. The fourth-order valence-corrected chi connectivity index (χ4v) is 5.49. The van der Waals surface area contributed by atoms with E-state index in [-0.39, 0.29) is 17.3 Å². The number of nitrogens with zero attached hydrogens (tertiary/aromatic N) is 2. The van der Waals surface area contributed by atoms with Crippen LogP contribution in [-0.4, -0.2) is 30.1 Å². The van der Waals surface area contributed by atoms with Crippen molar-refractivity contribution in [3.63, 3.8) is 0 Å². The maximum Gasteiger partial charge on any atom is 0.277 e. The maximum atomic E-state index is 13.6. The third-order valence-corrected chi connectivity index (χ3v) is 6.90. The monoisotopic (exact) mass is 429 g/mol. The zero-order valence-corrected chi connectivity index (χ0v) is 17.6. The number of rotatable bonds is 2. The Bertz CT molecular complexity index is 1260. The Morgan fingerprint density at radius 2 is 1.93 bits per heavy atom. The van der Waals surface area contributed by atoms with Crippen LogP contribution in [0.4, 0.5) is 17.2 Å². The second-order valence-corrected chi connectivity index (χ2v) is 10.2. The molecule has 10 heteroatoms. The molecule has 0 saturated heterocycles. The molecule has 3 N–H and O–H groups in total. The van der Waals surface area contributed by atoms with Crippen molar-refractivity contribution >= 4 is 33.1 Å². The van der Waals surface area contributed by atoms with E-state index in [9.17, 15) is 18.0 Å². The SMILES string of the molecule is Cc1c2c(c(=O)n3c1C(=O)NC31CCCCC1)Nc1cc(NS(C)(=O)=O)ncc1C2. The van der Waals surface area contributed by atoms with Crippen LogP contribution in [0, 0.1) is 6.92 Å². The molecule has 0 radical (unpaired) electrons. The van der Waals surface area contributed by atoms with Gasteiger partial charge in [0.1, 0.15) is 22.9 Å². The van der Waals surface area contributed by atoms with Gasteiger partial charge in [0, 0.05) is 24.4 Å². The summed E-state index contributed by atoms with van der Waals surface area (Å²) >= 11 is 0. The number of carbonyl (C=O) groups is 1. The maximum absolute atomic E-state index is 13.6. The first-order valence-corrected chi connectivity index (χ1v) is 11.9. The second-order valence-electron chi connectivity index (χ2n) is 8.42. The van der Waals surface area contributed by atoms with Crippen molar-refractivity contribution in [1.82, 2.24) is 14.9 Å². The Kier molecular flexibility index (Phi) is 4.02. The average molecular weight is 430 g/mol. The molecule has 2 aromatic heterocycles. The Balaban J connectivity index is 1.64. The second kappa shape index (κ2) is 6.31. The minimum absolute atomic E-state index is 0.186. The summed E-state index contributed by atoms with van der Waals surface area (Å²) in [5.74, 6) is -0.00305. The molecule has 30 heavy (non-hydrogen) atoms. The van der Waals surface area contributed by atoms with E-state index in [0.717, 1.165) is 55.1 Å². The summed E-state index contributed by atoms with van der Waals surface area (Å²) in [4.78, 5) is 30.6. The number of carbonyl (C=O) groups excluding carboxylic acids is 1. The first kappa shape index (κ1) is 19.1. The van der Waals surface area contributed by atoms with Crippen LogP contribution < -0.4 is 20.9 Å². The molecular formula is C20H23N5O4S. The lowest BCUT2D eigenvalue weighted by atomic mass is 9.88. The van der Waals surface area contributed by atoms with Crippen LogP contribution in [0.3, 0.4) is 0 Å². The molecule has 4 heterocycles. The van der Waals surface area contributed by atoms with E-state index >= 15 is 0 Å². The largest absolute Gasteiger partial charge is 0.350 e. The van der Waals surface area contributed by atoms with E-state index in [1.807, 2.05) is 6.92 Å². The van der Waals surface area contributed by atoms with Gasteiger partial charge < -0.3 is 10.6 Å². The van der Waals surface area contributed by atoms with Gasteiger partial charge in [0.15, 0.2) is 0 Å². The highest BCUT2D eigenvalue weighted by atomic mass is 32.2. The summed E-state index contributed by atoms with van der Waals surface area (Å²) in [6.07, 6.45) is 7.60. The van der Waals surface area contributed by atoms with Crippen LogP contribution in [-0.2, 0) is 22.1 Å².